The van der Waals surface area contributed by atoms with Gasteiger partial charge in [-0.05, 0) is 30.5 Å². The molecule has 0 aliphatic rings. The molecule has 0 aromatic heterocycles. The average Bonchev–Trinajstić information content (AvgIpc) is 2.29. The first-order chi connectivity index (χ1) is 7.74. The summed E-state index contributed by atoms with van der Waals surface area (Å²) in [4.78, 5) is 10.6. The highest BCUT2D eigenvalue weighted by molar-refractivity contribution is 5.87. The van der Waals surface area contributed by atoms with E-state index in [0.717, 1.165) is 18.4 Å². The van der Waals surface area contributed by atoms with Crippen LogP contribution in [0.15, 0.2) is 24.3 Å². The number of hydrogen-bond donors (Lipinski definition) is 2. The molecule has 0 saturated carbocycles. The lowest BCUT2D eigenvalue weighted by Gasteiger charge is -2.04. The van der Waals surface area contributed by atoms with Crippen molar-refractivity contribution < 1.29 is 19.7 Å². The quantitative estimate of drug-likeness (QED) is 0.691. The van der Waals surface area contributed by atoms with E-state index in [2.05, 4.69) is 0 Å². The van der Waals surface area contributed by atoms with Gasteiger partial charge in [-0.2, -0.15) is 0 Å². The van der Waals surface area contributed by atoms with Gasteiger partial charge in [0.15, 0.2) is 0 Å². The monoisotopic (exact) mass is 224 g/mol. The van der Waals surface area contributed by atoms with E-state index < -0.39 is 5.97 Å². The lowest BCUT2D eigenvalue weighted by Crippen LogP contribution is -1.99. The molecule has 16 heavy (non-hydrogen) atoms. The molecule has 1 aromatic rings. The number of aromatic carboxylic acids is 1. The summed E-state index contributed by atoms with van der Waals surface area (Å²) in [6, 6.07) is 6.62. The van der Waals surface area contributed by atoms with Gasteiger partial charge in [-0.25, -0.2) is 4.79 Å². The van der Waals surface area contributed by atoms with Crippen LogP contribution in [0, 0.1) is 0 Å². The first-order valence-corrected chi connectivity index (χ1v) is 5.25. The minimum absolute atomic E-state index is 0.191. The number of carboxylic acid groups (broad SMARTS) is 1. The third-order valence-corrected chi connectivity index (χ3v) is 2.17. The van der Waals surface area contributed by atoms with E-state index in [1.165, 1.54) is 0 Å². The topological polar surface area (TPSA) is 66.8 Å². The maximum absolute atomic E-state index is 10.6. The molecule has 0 spiro atoms. The van der Waals surface area contributed by atoms with Gasteiger partial charge in [0.05, 0.1) is 12.2 Å². The number of ether oxygens (including phenoxy) is 1. The van der Waals surface area contributed by atoms with E-state index in [4.69, 9.17) is 14.9 Å². The molecular formula is C12H16O4. The number of hydrogen-bond acceptors (Lipinski definition) is 3. The molecule has 0 aliphatic carbocycles. The first-order valence-electron chi connectivity index (χ1n) is 5.25. The number of carboxylic acids is 1. The fraction of sp³-hybridized carbons (Fsp3) is 0.417. The zero-order chi connectivity index (χ0) is 11.8. The second-order valence-electron chi connectivity index (χ2n) is 3.49. The van der Waals surface area contributed by atoms with Crippen LogP contribution in [0.25, 0.3) is 0 Å². The van der Waals surface area contributed by atoms with Crippen molar-refractivity contribution in [1.82, 2.24) is 0 Å². The van der Waals surface area contributed by atoms with E-state index >= 15 is 0 Å². The molecular weight excluding hydrogens is 208 g/mol. The van der Waals surface area contributed by atoms with Gasteiger partial charge >= 0.3 is 5.97 Å². The van der Waals surface area contributed by atoms with E-state index in [0.29, 0.717) is 13.2 Å². The SMILES string of the molecule is O=C(O)c1ccc(COCCCCO)cc1. The second kappa shape index (κ2) is 6.98. The summed E-state index contributed by atoms with van der Waals surface area (Å²) in [5, 5.41) is 17.2. The molecule has 1 rings (SSSR count). The molecule has 0 radical (unpaired) electrons. The number of rotatable bonds is 7. The molecule has 1 aromatic carbocycles. The molecule has 0 saturated heterocycles. The Labute approximate surface area is 94.5 Å². The van der Waals surface area contributed by atoms with Gasteiger partial charge in [0, 0.05) is 13.2 Å². The van der Waals surface area contributed by atoms with Crippen molar-refractivity contribution in [3.8, 4) is 0 Å². The minimum Gasteiger partial charge on any atom is -0.478 e. The van der Waals surface area contributed by atoms with Crippen molar-refractivity contribution in [3.05, 3.63) is 35.4 Å². The standard InChI is InChI=1S/C12H16O4/c13-7-1-2-8-16-9-10-3-5-11(6-4-10)12(14)15/h3-6,13H,1-2,7-9H2,(H,14,15). The van der Waals surface area contributed by atoms with Crippen molar-refractivity contribution >= 4 is 5.97 Å². The van der Waals surface area contributed by atoms with Crippen molar-refractivity contribution in [2.45, 2.75) is 19.4 Å². The minimum atomic E-state index is -0.921. The van der Waals surface area contributed by atoms with Crippen LogP contribution in [0.1, 0.15) is 28.8 Å². The molecule has 0 aliphatic heterocycles. The van der Waals surface area contributed by atoms with Gasteiger partial charge < -0.3 is 14.9 Å². The zero-order valence-electron chi connectivity index (χ0n) is 9.06. The Hall–Kier alpha value is -1.39. The van der Waals surface area contributed by atoms with E-state index in [-0.39, 0.29) is 12.2 Å². The predicted molar refractivity (Wildman–Crippen MR) is 59.4 cm³/mol. The Balaban J connectivity index is 2.29. The molecule has 0 fully saturated rings. The van der Waals surface area contributed by atoms with Gasteiger partial charge in [0.25, 0.3) is 0 Å². The van der Waals surface area contributed by atoms with Crippen molar-refractivity contribution in [2.75, 3.05) is 13.2 Å². The van der Waals surface area contributed by atoms with Crippen LogP contribution in [-0.4, -0.2) is 29.4 Å². The molecule has 4 nitrogen and oxygen atoms in total. The number of aliphatic hydroxyl groups excluding tert-OH is 1. The van der Waals surface area contributed by atoms with Crippen LogP contribution in [0.4, 0.5) is 0 Å². The maximum atomic E-state index is 10.6. The van der Waals surface area contributed by atoms with Crippen LogP contribution in [-0.2, 0) is 11.3 Å². The van der Waals surface area contributed by atoms with Gasteiger partial charge in [-0.1, -0.05) is 12.1 Å². The van der Waals surface area contributed by atoms with Crippen LogP contribution >= 0.6 is 0 Å². The molecule has 2 N–H and O–H groups in total. The summed E-state index contributed by atoms with van der Waals surface area (Å²) in [6.45, 7) is 1.28. The summed E-state index contributed by atoms with van der Waals surface area (Å²) >= 11 is 0. The van der Waals surface area contributed by atoms with Gasteiger partial charge in [-0.15, -0.1) is 0 Å². The van der Waals surface area contributed by atoms with Crippen LogP contribution in [0.3, 0.4) is 0 Å². The van der Waals surface area contributed by atoms with Crippen molar-refractivity contribution in [2.24, 2.45) is 0 Å². The molecule has 4 heteroatoms. The Morgan fingerprint density at radius 1 is 1.19 bits per heavy atom. The summed E-state index contributed by atoms with van der Waals surface area (Å²) in [7, 11) is 0. The van der Waals surface area contributed by atoms with Crippen molar-refractivity contribution in [1.29, 1.82) is 0 Å². The first kappa shape index (κ1) is 12.7. The Bertz CT molecular complexity index is 318. The third-order valence-electron chi connectivity index (χ3n) is 2.17. The largest absolute Gasteiger partial charge is 0.478 e. The van der Waals surface area contributed by atoms with Gasteiger partial charge in [0.1, 0.15) is 0 Å². The molecule has 0 heterocycles. The fourth-order valence-electron chi connectivity index (χ4n) is 1.25. The lowest BCUT2D eigenvalue weighted by molar-refractivity contribution is 0.0696. The number of aliphatic hydroxyl groups is 1. The highest BCUT2D eigenvalue weighted by Crippen LogP contribution is 2.06. The normalized spacial score (nSPS) is 10.3. The summed E-state index contributed by atoms with van der Waals surface area (Å²) < 4.78 is 5.36. The van der Waals surface area contributed by atoms with E-state index in [9.17, 15) is 4.79 Å². The van der Waals surface area contributed by atoms with Crippen LogP contribution in [0.2, 0.25) is 0 Å². The zero-order valence-corrected chi connectivity index (χ0v) is 9.06. The average molecular weight is 224 g/mol. The Morgan fingerprint density at radius 2 is 1.88 bits per heavy atom. The number of carbonyl (C=O) groups is 1. The number of benzene rings is 1. The van der Waals surface area contributed by atoms with E-state index in [1.54, 1.807) is 24.3 Å². The van der Waals surface area contributed by atoms with Crippen molar-refractivity contribution in [3.63, 3.8) is 0 Å². The summed E-state index contributed by atoms with van der Waals surface area (Å²) in [5.74, 6) is -0.921. The fourth-order valence-corrected chi connectivity index (χ4v) is 1.25. The van der Waals surface area contributed by atoms with Gasteiger partial charge in [-0.3, -0.25) is 0 Å². The smallest absolute Gasteiger partial charge is 0.335 e. The maximum Gasteiger partial charge on any atom is 0.335 e. The molecule has 0 atom stereocenters. The van der Waals surface area contributed by atoms with E-state index in [1.807, 2.05) is 0 Å². The molecule has 0 bridgehead atoms. The molecule has 88 valence electrons. The Kier molecular flexibility index (Phi) is 5.53. The highest BCUT2D eigenvalue weighted by atomic mass is 16.5. The predicted octanol–water partition coefficient (Wildman–Crippen LogP) is 1.67. The third kappa shape index (κ3) is 4.42. The second-order valence-corrected chi connectivity index (χ2v) is 3.49. The summed E-state index contributed by atoms with van der Waals surface area (Å²) in [5.41, 5.74) is 1.23. The molecule has 0 amide bonds. The Morgan fingerprint density at radius 3 is 2.44 bits per heavy atom. The van der Waals surface area contributed by atoms with Crippen LogP contribution in [0.5, 0.6) is 0 Å². The molecule has 0 unspecified atom stereocenters. The highest BCUT2D eigenvalue weighted by Gasteiger charge is 2.01. The summed E-state index contributed by atoms with van der Waals surface area (Å²) in [6.07, 6.45) is 1.58. The van der Waals surface area contributed by atoms with Gasteiger partial charge in [0.2, 0.25) is 0 Å². The number of unbranched alkanes of at least 4 members (excludes halogenated alkanes) is 1. The lowest BCUT2D eigenvalue weighted by atomic mass is 10.1. The van der Waals surface area contributed by atoms with Crippen LogP contribution < -0.4 is 0 Å².